The lowest BCUT2D eigenvalue weighted by molar-refractivity contribution is -0.128. The molecule has 0 radical (unpaired) electrons. The van der Waals surface area contributed by atoms with Crippen LogP contribution in [0.25, 0.3) is 0 Å². The number of nitrogens with one attached hydrogen (secondary N) is 1. The van der Waals surface area contributed by atoms with Crippen molar-refractivity contribution in [1.82, 2.24) is 5.32 Å². The van der Waals surface area contributed by atoms with Gasteiger partial charge in [-0.3, -0.25) is 4.79 Å². The monoisotopic (exact) mass is 275 g/mol. The van der Waals surface area contributed by atoms with Gasteiger partial charge in [0.15, 0.2) is 6.10 Å². The number of hydrogen-bond acceptors (Lipinski definition) is 2. The third-order valence-electron chi connectivity index (χ3n) is 3.81. The first-order valence-electron chi connectivity index (χ1n) is 7.80. The number of ether oxygens (including phenoxy) is 1. The topological polar surface area (TPSA) is 38.3 Å². The van der Waals surface area contributed by atoms with Crippen LogP contribution < -0.4 is 10.1 Å². The highest BCUT2D eigenvalue weighted by Crippen LogP contribution is 2.26. The highest BCUT2D eigenvalue weighted by Gasteiger charge is 2.18. The molecule has 1 amide bonds. The largest absolute Gasteiger partial charge is 0.481 e. The van der Waals surface area contributed by atoms with E-state index in [4.69, 9.17) is 4.74 Å². The van der Waals surface area contributed by atoms with E-state index in [0.717, 1.165) is 18.6 Å². The lowest BCUT2D eigenvalue weighted by Crippen LogP contribution is -2.38. The normalized spacial score (nSPS) is 15.3. The van der Waals surface area contributed by atoms with E-state index in [1.54, 1.807) is 0 Å². The molecule has 0 heterocycles. The highest BCUT2D eigenvalue weighted by atomic mass is 16.5. The van der Waals surface area contributed by atoms with Gasteiger partial charge in [0, 0.05) is 6.54 Å². The third-order valence-corrected chi connectivity index (χ3v) is 3.81. The summed E-state index contributed by atoms with van der Waals surface area (Å²) in [5.41, 5.74) is 2.82. The van der Waals surface area contributed by atoms with Gasteiger partial charge in [0.25, 0.3) is 5.91 Å². The Kier molecular flexibility index (Phi) is 5.45. The molecule has 1 atom stereocenters. The van der Waals surface area contributed by atoms with Crippen LogP contribution in [-0.4, -0.2) is 18.6 Å². The number of amides is 1. The molecular weight excluding hydrogens is 250 g/mol. The maximum absolute atomic E-state index is 12.0. The zero-order chi connectivity index (χ0) is 14.4. The zero-order valence-corrected chi connectivity index (χ0v) is 12.6. The van der Waals surface area contributed by atoms with Crippen molar-refractivity contribution in [3.8, 4) is 5.75 Å². The summed E-state index contributed by atoms with van der Waals surface area (Å²) in [5, 5.41) is 2.90. The molecule has 3 nitrogen and oxygen atoms in total. The average Bonchev–Trinajstić information content (AvgIpc) is 2.50. The van der Waals surface area contributed by atoms with Gasteiger partial charge in [0.2, 0.25) is 0 Å². The second kappa shape index (κ2) is 7.32. The number of carbonyl (C=O) groups is 1. The Morgan fingerprint density at radius 1 is 1.25 bits per heavy atom. The molecule has 0 saturated carbocycles. The minimum atomic E-state index is -0.386. The number of benzene rings is 1. The van der Waals surface area contributed by atoms with Gasteiger partial charge in [-0.1, -0.05) is 19.9 Å². The van der Waals surface area contributed by atoms with Crippen molar-refractivity contribution in [3.63, 3.8) is 0 Å². The van der Waals surface area contributed by atoms with Gasteiger partial charge in [-0.15, -0.1) is 0 Å². The lowest BCUT2D eigenvalue weighted by atomic mass is 9.92. The van der Waals surface area contributed by atoms with Crippen LogP contribution in [0.2, 0.25) is 0 Å². The van der Waals surface area contributed by atoms with Crippen LogP contribution in [0.4, 0.5) is 0 Å². The van der Waals surface area contributed by atoms with Crippen molar-refractivity contribution in [2.45, 2.75) is 58.5 Å². The molecule has 20 heavy (non-hydrogen) atoms. The predicted molar refractivity (Wildman–Crippen MR) is 81.1 cm³/mol. The number of aryl methyl sites for hydroxylation is 2. The van der Waals surface area contributed by atoms with Gasteiger partial charge in [-0.25, -0.2) is 0 Å². The predicted octanol–water partition coefficient (Wildman–Crippen LogP) is 3.25. The molecule has 0 fully saturated rings. The molecule has 1 aliphatic carbocycles. The second-order valence-electron chi connectivity index (χ2n) is 5.44. The summed E-state index contributed by atoms with van der Waals surface area (Å²) in [7, 11) is 0. The molecule has 0 saturated heterocycles. The van der Waals surface area contributed by atoms with Crippen molar-refractivity contribution in [3.05, 3.63) is 29.3 Å². The van der Waals surface area contributed by atoms with Crippen LogP contribution in [0.1, 0.15) is 50.7 Å². The van der Waals surface area contributed by atoms with Crippen LogP contribution in [0, 0.1) is 0 Å². The van der Waals surface area contributed by atoms with Gasteiger partial charge in [0.05, 0.1) is 0 Å². The van der Waals surface area contributed by atoms with Gasteiger partial charge in [0.1, 0.15) is 5.75 Å². The summed E-state index contributed by atoms with van der Waals surface area (Å²) in [6.07, 6.45) is 6.08. The van der Waals surface area contributed by atoms with Crippen molar-refractivity contribution >= 4 is 5.91 Å². The Labute approximate surface area is 121 Å². The molecule has 1 aromatic carbocycles. The first-order chi connectivity index (χ1) is 9.74. The van der Waals surface area contributed by atoms with E-state index in [1.807, 2.05) is 19.9 Å². The SMILES string of the molecule is CCCNC(=O)C(CC)Oc1ccc2c(c1)CCCC2. The minimum absolute atomic E-state index is 0.00734. The molecule has 1 aliphatic rings. The molecule has 0 aromatic heterocycles. The molecule has 0 bridgehead atoms. The minimum Gasteiger partial charge on any atom is -0.481 e. The van der Waals surface area contributed by atoms with Crippen LogP contribution in [-0.2, 0) is 17.6 Å². The fourth-order valence-corrected chi connectivity index (χ4v) is 2.63. The fourth-order valence-electron chi connectivity index (χ4n) is 2.63. The molecule has 1 aromatic rings. The number of rotatable bonds is 6. The number of hydrogen-bond donors (Lipinski definition) is 1. The molecule has 0 aliphatic heterocycles. The molecule has 0 spiro atoms. The quantitative estimate of drug-likeness (QED) is 0.865. The molecular formula is C17H25NO2. The van der Waals surface area contributed by atoms with Gasteiger partial charge in [-0.05, 0) is 61.8 Å². The van der Waals surface area contributed by atoms with Crippen molar-refractivity contribution in [2.24, 2.45) is 0 Å². The summed E-state index contributed by atoms with van der Waals surface area (Å²) in [6, 6.07) is 6.27. The molecule has 3 heteroatoms. The van der Waals surface area contributed by atoms with Crippen LogP contribution in [0.5, 0.6) is 5.75 Å². The summed E-state index contributed by atoms with van der Waals surface area (Å²) in [4.78, 5) is 12.0. The fraction of sp³-hybridized carbons (Fsp3) is 0.588. The van der Waals surface area contributed by atoms with Crippen molar-refractivity contribution in [1.29, 1.82) is 0 Å². The summed E-state index contributed by atoms with van der Waals surface area (Å²) in [5.74, 6) is 0.816. The standard InChI is InChI=1S/C17H25NO2/c1-3-11-18-17(19)16(4-2)20-15-10-9-13-7-5-6-8-14(13)12-15/h9-10,12,16H,3-8,11H2,1-2H3,(H,18,19). The summed E-state index contributed by atoms with van der Waals surface area (Å²) >= 11 is 0. The molecule has 1 unspecified atom stereocenters. The average molecular weight is 275 g/mol. The van der Waals surface area contributed by atoms with Crippen molar-refractivity contribution in [2.75, 3.05) is 6.54 Å². The van der Waals surface area contributed by atoms with Crippen LogP contribution in [0.15, 0.2) is 18.2 Å². The Balaban J connectivity index is 2.02. The van der Waals surface area contributed by atoms with E-state index in [9.17, 15) is 4.79 Å². The summed E-state index contributed by atoms with van der Waals surface area (Å²) in [6.45, 7) is 4.74. The second-order valence-corrected chi connectivity index (χ2v) is 5.44. The maximum Gasteiger partial charge on any atom is 0.261 e. The number of fused-ring (bicyclic) bond motifs is 1. The molecule has 1 N–H and O–H groups in total. The van der Waals surface area contributed by atoms with Gasteiger partial charge in [-0.2, -0.15) is 0 Å². The van der Waals surface area contributed by atoms with Gasteiger partial charge >= 0.3 is 0 Å². The Hall–Kier alpha value is -1.51. The first kappa shape index (κ1) is 14.9. The Morgan fingerprint density at radius 3 is 2.70 bits per heavy atom. The van der Waals surface area contributed by atoms with Gasteiger partial charge < -0.3 is 10.1 Å². The molecule has 110 valence electrons. The highest BCUT2D eigenvalue weighted by molar-refractivity contribution is 5.81. The van der Waals surface area contributed by atoms with Crippen LogP contribution >= 0.6 is 0 Å². The van der Waals surface area contributed by atoms with Crippen LogP contribution in [0.3, 0.4) is 0 Å². The van der Waals surface area contributed by atoms with E-state index < -0.39 is 0 Å². The van der Waals surface area contributed by atoms with E-state index in [-0.39, 0.29) is 12.0 Å². The van der Waals surface area contributed by atoms with E-state index in [2.05, 4.69) is 17.4 Å². The number of carbonyl (C=O) groups excluding carboxylic acids is 1. The Bertz CT molecular complexity index is 456. The first-order valence-corrected chi connectivity index (χ1v) is 7.80. The zero-order valence-electron chi connectivity index (χ0n) is 12.6. The van der Waals surface area contributed by atoms with E-state index >= 15 is 0 Å². The Morgan fingerprint density at radius 2 is 2.00 bits per heavy atom. The molecule has 2 rings (SSSR count). The van der Waals surface area contributed by atoms with E-state index in [0.29, 0.717) is 13.0 Å². The smallest absolute Gasteiger partial charge is 0.261 e. The summed E-state index contributed by atoms with van der Waals surface area (Å²) < 4.78 is 5.88. The maximum atomic E-state index is 12.0. The lowest BCUT2D eigenvalue weighted by Gasteiger charge is -2.20. The van der Waals surface area contributed by atoms with Crippen molar-refractivity contribution < 1.29 is 9.53 Å². The third kappa shape index (κ3) is 3.75. The van der Waals surface area contributed by atoms with E-state index in [1.165, 1.54) is 30.4 Å².